The van der Waals surface area contributed by atoms with Gasteiger partial charge in [0.1, 0.15) is 4.88 Å². The average molecular weight is 516 g/mol. The number of aliphatic hydroxyl groups excluding tert-OH is 1. The van der Waals surface area contributed by atoms with Crippen molar-refractivity contribution in [3.8, 4) is 11.8 Å². The number of carbonyl (C=O) groups excluding carboxylic acids is 2. The van der Waals surface area contributed by atoms with E-state index in [-0.39, 0.29) is 12.5 Å². The number of ether oxygens (including phenoxy) is 1. The molecule has 5 nitrogen and oxygen atoms in total. The number of carbonyl (C=O) groups is 2. The van der Waals surface area contributed by atoms with Gasteiger partial charge < -0.3 is 14.7 Å². The van der Waals surface area contributed by atoms with Crippen molar-refractivity contribution in [1.82, 2.24) is 4.90 Å². The molecule has 3 atom stereocenters. The Balaban J connectivity index is 1.52. The second-order valence-electron chi connectivity index (χ2n) is 8.91. The van der Waals surface area contributed by atoms with Crippen LogP contribution in [0.3, 0.4) is 0 Å². The minimum atomic E-state index is -3.42. The van der Waals surface area contributed by atoms with Crippen molar-refractivity contribution < 1.29 is 28.2 Å². The van der Waals surface area contributed by atoms with Crippen molar-refractivity contribution >= 4 is 23.2 Å². The number of alkyl halides is 2. The molecule has 1 unspecified atom stereocenters. The van der Waals surface area contributed by atoms with Crippen molar-refractivity contribution in [2.24, 2.45) is 5.92 Å². The van der Waals surface area contributed by atoms with E-state index in [1.807, 2.05) is 37.3 Å². The highest BCUT2D eigenvalue weighted by atomic mass is 32.1. The van der Waals surface area contributed by atoms with E-state index in [1.54, 1.807) is 12.1 Å². The molecular weight excluding hydrogens is 484 g/mol. The second kappa shape index (κ2) is 12.8. The highest BCUT2D eigenvalue weighted by Gasteiger charge is 2.52. The summed E-state index contributed by atoms with van der Waals surface area (Å²) in [5.41, 5.74) is 1.12. The van der Waals surface area contributed by atoms with E-state index in [1.165, 1.54) is 35.5 Å². The molecule has 0 radical (unpaired) electrons. The standard InChI is InChI=1S/C28H31F2NO4S/c1-20(9-6-7-12-21-10-4-3-5-11-21)24(32)16-14-22-19-28(29,30)27(34)31(22)18-8-13-23-15-17-25(36-23)26(33)35-2/h3-5,10-11,14-17,20,22,24,32H,8-9,12-13,18-19H2,1-2H3/t20-,22?,24-/m1/s1. The normalized spacial score (nSPS) is 18.6. The van der Waals surface area contributed by atoms with Crippen molar-refractivity contribution in [3.63, 3.8) is 0 Å². The summed E-state index contributed by atoms with van der Waals surface area (Å²) >= 11 is 1.29. The van der Waals surface area contributed by atoms with Gasteiger partial charge in [-0.3, -0.25) is 4.79 Å². The lowest BCUT2D eigenvalue weighted by Crippen LogP contribution is -2.36. The maximum absolute atomic E-state index is 14.2. The lowest BCUT2D eigenvalue weighted by atomic mass is 9.99. The molecule has 1 N–H and O–H groups in total. The Morgan fingerprint density at radius 1 is 1.28 bits per heavy atom. The molecule has 1 aliphatic rings. The summed E-state index contributed by atoms with van der Waals surface area (Å²) in [5.74, 6) is 0.958. The van der Waals surface area contributed by atoms with Gasteiger partial charge in [-0.05, 0) is 36.5 Å². The Bertz CT molecular complexity index is 1120. The molecule has 36 heavy (non-hydrogen) atoms. The summed E-state index contributed by atoms with van der Waals surface area (Å²) in [6.07, 6.45) is 3.67. The van der Waals surface area contributed by atoms with E-state index < -0.39 is 36.4 Å². The van der Waals surface area contributed by atoms with Gasteiger partial charge in [0.2, 0.25) is 0 Å². The minimum Gasteiger partial charge on any atom is -0.465 e. The monoisotopic (exact) mass is 515 g/mol. The molecule has 0 aliphatic carbocycles. The number of aliphatic hydroxyl groups is 1. The fourth-order valence-corrected chi connectivity index (χ4v) is 4.92. The molecule has 1 aliphatic heterocycles. The van der Waals surface area contributed by atoms with Crippen LogP contribution in [-0.4, -0.2) is 53.6 Å². The third-order valence-electron chi connectivity index (χ3n) is 6.11. The van der Waals surface area contributed by atoms with Crippen LogP contribution in [-0.2, 0) is 22.4 Å². The zero-order valence-corrected chi connectivity index (χ0v) is 21.3. The van der Waals surface area contributed by atoms with Crippen LogP contribution in [0.5, 0.6) is 0 Å². The van der Waals surface area contributed by atoms with Crippen LogP contribution in [0.2, 0.25) is 0 Å². The Hall–Kier alpha value is -3.02. The molecule has 0 saturated carbocycles. The number of aryl methyl sites for hydroxylation is 1. The predicted molar refractivity (Wildman–Crippen MR) is 136 cm³/mol. The molecule has 1 aromatic heterocycles. The van der Waals surface area contributed by atoms with Crippen molar-refractivity contribution in [2.75, 3.05) is 13.7 Å². The van der Waals surface area contributed by atoms with E-state index in [2.05, 4.69) is 11.8 Å². The fraction of sp³-hybridized carbons (Fsp3) is 0.429. The Labute approximate surface area is 214 Å². The largest absolute Gasteiger partial charge is 0.465 e. The highest BCUT2D eigenvalue weighted by molar-refractivity contribution is 7.13. The third kappa shape index (κ3) is 7.49. The number of halogens is 2. The molecule has 1 aromatic carbocycles. The Morgan fingerprint density at radius 3 is 2.75 bits per heavy atom. The number of thiophene rings is 1. The van der Waals surface area contributed by atoms with Gasteiger partial charge in [0, 0.05) is 30.7 Å². The molecule has 0 bridgehead atoms. The van der Waals surface area contributed by atoms with Crippen LogP contribution < -0.4 is 0 Å². The van der Waals surface area contributed by atoms with E-state index in [0.717, 1.165) is 10.4 Å². The first-order chi connectivity index (χ1) is 17.2. The lowest BCUT2D eigenvalue weighted by molar-refractivity contribution is -0.148. The third-order valence-corrected chi connectivity index (χ3v) is 7.23. The molecule has 1 amide bonds. The van der Waals surface area contributed by atoms with Gasteiger partial charge in [-0.2, -0.15) is 8.78 Å². The van der Waals surface area contributed by atoms with Gasteiger partial charge in [-0.15, -0.1) is 17.3 Å². The van der Waals surface area contributed by atoms with Gasteiger partial charge in [0.15, 0.2) is 0 Å². The van der Waals surface area contributed by atoms with Crippen LogP contribution in [0.15, 0.2) is 54.6 Å². The fourth-order valence-electron chi connectivity index (χ4n) is 3.95. The number of hydrogen-bond acceptors (Lipinski definition) is 5. The summed E-state index contributed by atoms with van der Waals surface area (Å²) in [4.78, 5) is 26.5. The van der Waals surface area contributed by atoms with Gasteiger partial charge >= 0.3 is 11.9 Å². The highest BCUT2D eigenvalue weighted by Crippen LogP contribution is 2.34. The number of methoxy groups -OCH3 is 1. The van der Waals surface area contributed by atoms with Gasteiger partial charge in [0.05, 0.1) is 19.3 Å². The smallest absolute Gasteiger partial charge is 0.348 e. The zero-order valence-electron chi connectivity index (χ0n) is 20.5. The number of rotatable bonds is 10. The molecular formula is C28H31F2NO4S. The predicted octanol–water partition coefficient (Wildman–Crippen LogP) is 4.89. The number of hydrogen-bond donors (Lipinski definition) is 1. The van der Waals surface area contributed by atoms with Gasteiger partial charge in [-0.25, -0.2) is 4.79 Å². The Kier molecular flexibility index (Phi) is 9.80. The summed E-state index contributed by atoms with van der Waals surface area (Å²) in [6, 6.07) is 12.5. The molecule has 1 saturated heterocycles. The van der Waals surface area contributed by atoms with E-state index in [4.69, 9.17) is 4.74 Å². The maximum Gasteiger partial charge on any atom is 0.348 e. The zero-order chi connectivity index (χ0) is 26.1. The van der Waals surface area contributed by atoms with E-state index in [9.17, 15) is 23.5 Å². The van der Waals surface area contributed by atoms with Crippen LogP contribution in [0.1, 0.15) is 46.3 Å². The first kappa shape index (κ1) is 27.6. The first-order valence-corrected chi connectivity index (χ1v) is 12.7. The number of esters is 1. The Morgan fingerprint density at radius 2 is 2.03 bits per heavy atom. The first-order valence-electron chi connectivity index (χ1n) is 11.9. The molecule has 1 fully saturated rings. The van der Waals surface area contributed by atoms with Crippen LogP contribution in [0.25, 0.3) is 0 Å². The van der Waals surface area contributed by atoms with Crippen molar-refractivity contribution in [1.29, 1.82) is 0 Å². The summed E-state index contributed by atoms with van der Waals surface area (Å²) in [6.45, 7) is 2.01. The molecule has 192 valence electrons. The van der Waals surface area contributed by atoms with Crippen LogP contribution in [0.4, 0.5) is 8.78 Å². The maximum atomic E-state index is 14.2. The summed E-state index contributed by atoms with van der Waals surface area (Å²) in [7, 11) is 1.31. The summed E-state index contributed by atoms with van der Waals surface area (Å²) < 4.78 is 33.1. The minimum absolute atomic E-state index is 0.158. The number of benzene rings is 1. The summed E-state index contributed by atoms with van der Waals surface area (Å²) in [5, 5.41) is 10.5. The van der Waals surface area contributed by atoms with Crippen LogP contribution >= 0.6 is 11.3 Å². The molecule has 3 rings (SSSR count). The molecule has 2 heterocycles. The number of likely N-dealkylation sites (tertiary alicyclic amines) is 1. The number of amides is 1. The molecule has 8 heteroatoms. The van der Waals surface area contributed by atoms with E-state index in [0.29, 0.717) is 30.6 Å². The van der Waals surface area contributed by atoms with Gasteiger partial charge in [0.25, 0.3) is 5.91 Å². The quantitative estimate of drug-likeness (QED) is 0.278. The van der Waals surface area contributed by atoms with Crippen molar-refractivity contribution in [3.05, 3.63) is 69.9 Å². The SMILES string of the molecule is COC(=O)c1ccc(CCCN2C(=O)C(F)(F)CC2C=C[C@@H](O)[C@H](C)CC#CCc2ccccc2)s1. The lowest BCUT2D eigenvalue weighted by Gasteiger charge is -2.22. The second-order valence-corrected chi connectivity index (χ2v) is 10.1. The van der Waals surface area contributed by atoms with Crippen molar-refractivity contribution in [2.45, 2.75) is 57.1 Å². The molecule has 2 aromatic rings. The topological polar surface area (TPSA) is 66.8 Å². The van der Waals surface area contributed by atoms with Crippen LogP contribution in [0, 0.1) is 17.8 Å². The molecule has 0 spiro atoms. The number of nitrogens with zero attached hydrogens (tertiary/aromatic N) is 1. The average Bonchev–Trinajstić information content (AvgIpc) is 3.43. The van der Waals surface area contributed by atoms with Gasteiger partial charge in [-0.1, -0.05) is 55.3 Å². The van der Waals surface area contributed by atoms with E-state index >= 15 is 0 Å².